The van der Waals surface area contributed by atoms with E-state index in [1.54, 1.807) is 25.6 Å². The zero-order valence-corrected chi connectivity index (χ0v) is 12.5. The molecule has 0 bridgehead atoms. The lowest BCUT2D eigenvalue weighted by Crippen LogP contribution is -2.11. The summed E-state index contributed by atoms with van der Waals surface area (Å²) in [6, 6.07) is 7.47. The molecule has 2 aromatic rings. The third-order valence-corrected chi connectivity index (χ3v) is 3.44. The van der Waals surface area contributed by atoms with Crippen LogP contribution in [0, 0.1) is 17.0 Å². The summed E-state index contributed by atoms with van der Waals surface area (Å²) >= 11 is 0. The van der Waals surface area contributed by atoms with Gasteiger partial charge in [-0.1, -0.05) is 12.1 Å². The van der Waals surface area contributed by atoms with E-state index in [9.17, 15) is 10.1 Å². The highest BCUT2D eigenvalue weighted by Crippen LogP contribution is 2.28. The minimum atomic E-state index is -0.476. The summed E-state index contributed by atoms with van der Waals surface area (Å²) in [5.74, 6) is 1.61. The lowest BCUT2D eigenvalue weighted by atomic mass is 10.1. The van der Waals surface area contributed by atoms with Crippen molar-refractivity contribution in [3.05, 3.63) is 45.8 Å². The fourth-order valence-electron chi connectivity index (χ4n) is 2.06. The maximum absolute atomic E-state index is 11.1. The van der Waals surface area contributed by atoms with Crippen molar-refractivity contribution in [2.75, 3.05) is 12.4 Å². The van der Waals surface area contributed by atoms with Gasteiger partial charge in [-0.15, -0.1) is 0 Å². The number of imidazole rings is 1. The molecule has 1 aromatic carbocycles. The molecule has 0 amide bonds. The molecule has 0 saturated carbocycles. The van der Waals surface area contributed by atoms with Gasteiger partial charge in [-0.05, 0) is 34.5 Å². The Labute approximate surface area is 122 Å². The van der Waals surface area contributed by atoms with Crippen LogP contribution in [0.5, 0.6) is 5.75 Å². The molecule has 0 saturated heterocycles. The summed E-state index contributed by atoms with van der Waals surface area (Å²) < 4.78 is 6.80. The number of aryl methyl sites for hydroxylation is 1. The van der Waals surface area contributed by atoms with Gasteiger partial charge in [0.05, 0.1) is 13.2 Å². The Morgan fingerprint density at radius 1 is 1.38 bits per heavy atom. The van der Waals surface area contributed by atoms with Crippen molar-refractivity contribution in [3.8, 4) is 5.75 Å². The molecule has 0 aliphatic rings. The van der Waals surface area contributed by atoms with Crippen molar-refractivity contribution in [1.29, 1.82) is 0 Å². The lowest BCUT2D eigenvalue weighted by molar-refractivity contribution is -0.388. The van der Waals surface area contributed by atoms with E-state index in [0.29, 0.717) is 11.6 Å². The Balaban J connectivity index is 2.26. The first kappa shape index (κ1) is 14.8. The summed E-state index contributed by atoms with van der Waals surface area (Å²) in [5.41, 5.74) is 1.00. The number of nitrogens with zero attached hydrogens (tertiary/aromatic N) is 3. The summed E-state index contributed by atoms with van der Waals surface area (Å²) in [7, 11) is 3.36. The van der Waals surface area contributed by atoms with E-state index >= 15 is 0 Å². The van der Waals surface area contributed by atoms with Crippen LogP contribution in [0.3, 0.4) is 0 Å². The second kappa shape index (κ2) is 5.82. The Kier molecular flexibility index (Phi) is 4.11. The van der Waals surface area contributed by atoms with Gasteiger partial charge in [0.15, 0.2) is 0 Å². The highest BCUT2D eigenvalue weighted by molar-refractivity contribution is 5.54. The number of nitro groups is 1. The first-order valence-corrected chi connectivity index (χ1v) is 6.52. The summed E-state index contributed by atoms with van der Waals surface area (Å²) in [6.07, 6.45) is 0. The van der Waals surface area contributed by atoms with Crippen molar-refractivity contribution in [1.82, 2.24) is 9.55 Å². The van der Waals surface area contributed by atoms with Crippen molar-refractivity contribution >= 4 is 11.6 Å². The van der Waals surface area contributed by atoms with E-state index in [1.807, 2.05) is 31.2 Å². The summed E-state index contributed by atoms with van der Waals surface area (Å²) in [6.45, 7) is 3.67. The highest BCUT2D eigenvalue weighted by atomic mass is 16.6. The SMILES string of the molecule is COc1ccc(C(C)Nc2c([N+](=O)[O-])nc(C)n2C)cc1. The van der Waals surface area contributed by atoms with Crippen LogP contribution in [-0.2, 0) is 7.05 Å². The number of nitrogens with one attached hydrogen (secondary N) is 1. The average Bonchev–Trinajstić information content (AvgIpc) is 2.76. The van der Waals surface area contributed by atoms with Gasteiger partial charge in [0, 0.05) is 14.0 Å². The van der Waals surface area contributed by atoms with Gasteiger partial charge in [0.2, 0.25) is 11.6 Å². The molecular weight excluding hydrogens is 272 g/mol. The van der Waals surface area contributed by atoms with Crippen LogP contribution in [-0.4, -0.2) is 21.6 Å². The molecule has 1 N–H and O–H groups in total. The molecule has 0 aliphatic carbocycles. The molecule has 112 valence electrons. The van der Waals surface area contributed by atoms with E-state index < -0.39 is 4.92 Å². The van der Waals surface area contributed by atoms with Gasteiger partial charge in [-0.2, -0.15) is 0 Å². The Bertz CT molecular complexity index is 649. The molecule has 1 heterocycles. The summed E-state index contributed by atoms with van der Waals surface area (Å²) in [4.78, 5) is 14.6. The fraction of sp³-hybridized carbons (Fsp3) is 0.357. The molecule has 7 heteroatoms. The largest absolute Gasteiger partial charge is 0.497 e. The number of ether oxygens (including phenoxy) is 1. The zero-order chi connectivity index (χ0) is 15.6. The van der Waals surface area contributed by atoms with Crippen molar-refractivity contribution < 1.29 is 9.66 Å². The second-order valence-corrected chi connectivity index (χ2v) is 4.79. The van der Waals surface area contributed by atoms with Gasteiger partial charge < -0.3 is 20.2 Å². The maximum atomic E-state index is 11.1. The average molecular weight is 290 g/mol. The predicted molar refractivity (Wildman–Crippen MR) is 79.6 cm³/mol. The van der Waals surface area contributed by atoms with Gasteiger partial charge in [0.1, 0.15) is 5.75 Å². The Hall–Kier alpha value is -2.57. The molecule has 0 aliphatic heterocycles. The monoisotopic (exact) mass is 290 g/mol. The summed E-state index contributed by atoms with van der Waals surface area (Å²) in [5, 5.41) is 14.2. The number of benzene rings is 1. The minimum Gasteiger partial charge on any atom is -0.497 e. The smallest absolute Gasteiger partial charge is 0.406 e. The normalized spacial score (nSPS) is 12.0. The van der Waals surface area contributed by atoms with Gasteiger partial charge in [0.25, 0.3) is 0 Å². The van der Waals surface area contributed by atoms with Crippen molar-refractivity contribution in [3.63, 3.8) is 0 Å². The van der Waals surface area contributed by atoms with Gasteiger partial charge >= 0.3 is 5.82 Å². The van der Waals surface area contributed by atoms with Gasteiger partial charge in [-0.3, -0.25) is 4.57 Å². The molecule has 0 spiro atoms. The number of hydrogen-bond donors (Lipinski definition) is 1. The lowest BCUT2D eigenvalue weighted by Gasteiger charge is -2.15. The van der Waals surface area contributed by atoms with Crippen LogP contribution in [0.4, 0.5) is 11.6 Å². The molecular formula is C14H18N4O3. The van der Waals surface area contributed by atoms with Crippen LogP contribution in [0.2, 0.25) is 0 Å². The van der Waals surface area contributed by atoms with Gasteiger partial charge in [-0.25, -0.2) is 0 Å². The zero-order valence-electron chi connectivity index (χ0n) is 12.5. The number of methoxy groups -OCH3 is 1. The minimum absolute atomic E-state index is 0.0931. The number of rotatable bonds is 5. The van der Waals surface area contributed by atoms with Crippen molar-refractivity contribution in [2.24, 2.45) is 7.05 Å². The molecule has 7 nitrogen and oxygen atoms in total. The molecule has 21 heavy (non-hydrogen) atoms. The van der Waals surface area contributed by atoms with Crippen LogP contribution in [0.25, 0.3) is 0 Å². The van der Waals surface area contributed by atoms with E-state index in [0.717, 1.165) is 11.3 Å². The van der Waals surface area contributed by atoms with E-state index in [1.165, 1.54) is 0 Å². The highest BCUT2D eigenvalue weighted by Gasteiger charge is 2.24. The molecule has 0 fully saturated rings. The van der Waals surface area contributed by atoms with Crippen LogP contribution in [0.1, 0.15) is 24.4 Å². The third kappa shape index (κ3) is 2.96. The Morgan fingerprint density at radius 2 is 2.00 bits per heavy atom. The predicted octanol–water partition coefficient (Wildman–Crippen LogP) is 2.82. The molecule has 0 radical (unpaired) electrons. The number of aromatic nitrogens is 2. The molecule has 1 unspecified atom stereocenters. The molecule has 2 rings (SSSR count). The first-order valence-electron chi connectivity index (χ1n) is 6.52. The molecule has 1 atom stereocenters. The third-order valence-electron chi connectivity index (χ3n) is 3.44. The van der Waals surface area contributed by atoms with Crippen molar-refractivity contribution in [2.45, 2.75) is 19.9 Å². The number of anilines is 1. The van der Waals surface area contributed by atoms with E-state index in [4.69, 9.17) is 4.74 Å². The molecule has 1 aromatic heterocycles. The fourth-order valence-corrected chi connectivity index (χ4v) is 2.06. The van der Waals surface area contributed by atoms with E-state index in [-0.39, 0.29) is 11.9 Å². The second-order valence-electron chi connectivity index (χ2n) is 4.79. The standard InChI is InChI=1S/C14H18N4O3/c1-9(11-5-7-12(21-4)8-6-11)15-13-14(18(19)20)16-10(2)17(13)3/h5-9,15H,1-4H3. The first-order chi connectivity index (χ1) is 9.93. The van der Waals surface area contributed by atoms with Crippen LogP contribution >= 0.6 is 0 Å². The maximum Gasteiger partial charge on any atom is 0.406 e. The van der Waals surface area contributed by atoms with E-state index in [2.05, 4.69) is 10.3 Å². The number of hydrogen-bond acceptors (Lipinski definition) is 5. The van der Waals surface area contributed by atoms with Crippen LogP contribution < -0.4 is 10.1 Å². The topological polar surface area (TPSA) is 82.2 Å². The van der Waals surface area contributed by atoms with Crippen LogP contribution in [0.15, 0.2) is 24.3 Å². The quantitative estimate of drug-likeness (QED) is 0.676. The Morgan fingerprint density at radius 3 is 2.52 bits per heavy atom.